The summed E-state index contributed by atoms with van der Waals surface area (Å²) < 4.78 is 1.06. The lowest BCUT2D eigenvalue weighted by molar-refractivity contribution is -0.118. The molecular formula is C11H12ClN3OS. The summed E-state index contributed by atoms with van der Waals surface area (Å²) in [5.74, 6) is -0.325. The lowest BCUT2D eigenvalue weighted by Crippen LogP contribution is -2.23. The minimum absolute atomic E-state index is 0.0245. The number of amides is 1. The van der Waals surface area contributed by atoms with Crippen LogP contribution in [0.4, 0.5) is 5.13 Å². The van der Waals surface area contributed by atoms with Crippen LogP contribution in [0.15, 0.2) is 18.2 Å². The molecule has 1 aromatic heterocycles. The first-order chi connectivity index (χ1) is 8.04. The van der Waals surface area contributed by atoms with Crippen molar-refractivity contribution in [3.63, 3.8) is 0 Å². The Hall–Kier alpha value is -1.33. The van der Waals surface area contributed by atoms with Crippen molar-refractivity contribution in [2.24, 2.45) is 5.73 Å². The van der Waals surface area contributed by atoms with E-state index in [1.54, 1.807) is 0 Å². The third kappa shape index (κ3) is 3.08. The first-order valence-electron chi connectivity index (χ1n) is 5.15. The van der Waals surface area contributed by atoms with E-state index in [4.69, 9.17) is 17.3 Å². The second kappa shape index (κ2) is 4.89. The second-order valence-electron chi connectivity index (χ2n) is 3.85. The highest BCUT2D eigenvalue weighted by atomic mass is 35.5. The quantitative estimate of drug-likeness (QED) is 0.897. The molecule has 1 amide bonds. The molecule has 90 valence electrons. The number of hydrogen-bond donors (Lipinski definition) is 2. The molecule has 1 heterocycles. The number of rotatable bonds is 4. The molecule has 4 nitrogen and oxygen atoms in total. The molecule has 0 aliphatic heterocycles. The molecule has 0 aliphatic rings. The molecule has 2 aromatic rings. The molecule has 3 N–H and O–H groups in total. The summed E-state index contributed by atoms with van der Waals surface area (Å²) in [5.41, 5.74) is 5.99. The van der Waals surface area contributed by atoms with E-state index in [0.29, 0.717) is 5.02 Å². The smallest absolute Gasteiger partial charge is 0.219 e. The van der Waals surface area contributed by atoms with Crippen molar-refractivity contribution in [3.05, 3.63) is 23.2 Å². The van der Waals surface area contributed by atoms with E-state index in [9.17, 15) is 4.79 Å². The molecule has 17 heavy (non-hydrogen) atoms. The standard InChI is InChI=1S/C11H12ClN3OS/c1-6(4-10(13)16)14-11-15-8-5-7(12)2-3-9(8)17-11/h2-3,5-6H,4H2,1H3,(H2,13,16)(H,14,15). The molecular weight excluding hydrogens is 258 g/mol. The van der Waals surface area contributed by atoms with Crippen molar-refractivity contribution in [1.29, 1.82) is 0 Å². The highest BCUT2D eigenvalue weighted by molar-refractivity contribution is 7.22. The average Bonchev–Trinajstić information content (AvgIpc) is 2.57. The van der Waals surface area contributed by atoms with E-state index in [1.807, 2.05) is 25.1 Å². The van der Waals surface area contributed by atoms with Gasteiger partial charge in [-0.05, 0) is 25.1 Å². The number of thiazole rings is 1. The number of aromatic nitrogens is 1. The summed E-state index contributed by atoms with van der Waals surface area (Å²) >= 11 is 7.41. The van der Waals surface area contributed by atoms with Gasteiger partial charge in [-0.15, -0.1) is 0 Å². The molecule has 1 unspecified atom stereocenters. The van der Waals surface area contributed by atoms with Crippen LogP contribution in [0.3, 0.4) is 0 Å². The van der Waals surface area contributed by atoms with Crippen LogP contribution >= 0.6 is 22.9 Å². The summed E-state index contributed by atoms with van der Waals surface area (Å²) in [6, 6.07) is 5.55. The normalized spacial score (nSPS) is 12.6. The fourth-order valence-corrected chi connectivity index (χ4v) is 2.65. The predicted octanol–water partition coefficient (Wildman–Crippen LogP) is 2.63. The van der Waals surface area contributed by atoms with Crippen LogP contribution in [-0.2, 0) is 4.79 Å². The van der Waals surface area contributed by atoms with E-state index < -0.39 is 0 Å². The Morgan fingerprint density at radius 1 is 1.65 bits per heavy atom. The summed E-state index contributed by atoms with van der Waals surface area (Å²) in [7, 11) is 0. The van der Waals surface area contributed by atoms with E-state index in [0.717, 1.165) is 15.3 Å². The Morgan fingerprint density at radius 3 is 3.12 bits per heavy atom. The summed E-state index contributed by atoms with van der Waals surface area (Å²) in [6.07, 6.45) is 0.288. The van der Waals surface area contributed by atoms with Crippen molar-refractivity contribution in [3.8, 4) is 0 Å². The number of primary amides is 1. The summed E-state index contributed by atoms with van der Waals surface area (Å²) in [5, 5.41) is 4.59. The zero-order valence-corrected chi connectivity index (χ0v) is 10.8. The first-order valence-corrected chi connectivity index (χ1v) is 6.35. The van der Waals surface area contributed by atoms with Crippen molar-refractivity contribution in [2.75, 3.05) is 5.32 Å². The van der Waals surface area contributed by atoms with Crippen molar-refractivity contribution >= 4 is 44.2 Å². The Balaban J connectivity index is 2.16. The summed E-state index contributed by atoms with van der Waals surface area (Å²) in [6.45, 7) is 1.89. The average molecular weight is 270 g/mol. The molecule has 0 aliphatic carbocycles. The van der Waals surface area contributed by atoms with Crippen LogP contribution in [0.5, 0.6) is 0 Å². The minimum atomic E-state index is -0.325. The monoisotopic (exact) mass is 269 g/mol. The molecule has 0 radical (unpaired) electrons. The van der Waals surface area contributed by atoms with E-state index in [-0.39, 0.29) is 18.4 Å². The van der Waals surface area contributed by atoms with E-state index in [2.05, 4.69) is 10.3 Å². The van der Waals surface area contributed by atoms with E-state index in [1.165, 1.54) is 11.3 Å². The maximum atomic E-state index is 10.8. The molecule has 0 bridgehead atoms. The van der Waals surface area contributed by atoms with Gasteiger partial charge in [-0.25, -0.2) is 4.98 Å². The van der Waals surface area contributed by atoms with Gasteiger partial charge in [-0.3, -0.25) is 4.79 Å². The lowest BCUT2D eigenvalue weighted by atomic mass is 10.2. The molecule has 0 saturated heterocycles. The van der Waals surface area contributed by atoms with Gasteiger partial charge < -0.3 is 11.1 Å². The van der Waals surface area contributed by atoms with Crippen molar-refractivity contribution in [1.82, 2.24) is 4.98 Å². The number of carbonyl (C=O) groups is 1. The largest absolute Gasteiger partial charge is 0.370 e. The van der Waals surface area contributed by atoms with Crippen LogP contribution in [0.1, 0.15) is 13.3 Å². The third-order valence-electron chi connectivity index (χ3n) is 2.23. The number of benzene rings is 1. The number of fused-ring (bicyclic) bond motifs is 1. The van der Waals surface area contributed by atoms with Gasteiger partial charge >= 0.3 is 0 Å². The zero-order valence-electron chi connectivity index (χ0n) is 9.24. The van der Waals surface area contributed by atoms with Gasteiger partial charge in [0.2, 0.25) is 5.91 Å². The van der Waals surface area contributed by atoms with Crippen molar-refractivity contribution < 1.29 is 4.79 Å². The van der Waals surface area contributed by atoms with Gasteiger partial charge in [-0.1, -0.05) is 22.9 Å². The van der Waals surface area contributed by atoms with Gasteiger partial charge in [0.1, 0.15) is 0 Å². The summed E-state index contributed by atoms with van der Waals surface area (Å²) in [4.78, 5) is 15.2. The zero-order chi connectivity index (χ0) is 12.4. The van der Waals surface area contributed by atoms with Crippen LogP contribution < -0.4 is 11.1 Å². The van der Waals surface area contributed by atoms with Crippen molar-refractivity contribution in [2.45, 2.75) is 19.4 Å². The number of nitrogens with zero attached hydrogens (tertiary/aromatic N) is 1. The highest BCUT2D eigenvalue weighted by Crippen LogP contribution is 2.28. The SMILES string of the molecule is CC(CC(N)=O)Nc1nc2cc(Cl)ccc2s1. The number of anilines is 1. The van der Waals surface area contributed by atoms with Gasteiger partial charge in [0.15, 0.2) is 5.13 Å². The van der Waals surface area contributed by atoms with Gasteiger partial charge in [0, 0.05) is 17.5 Å². The number of nitrogens with one attached hydrogen (secondary N) is 1. The first kappa shape index (κ1) is 12.1. The van der Waals surface area contributed by atoms with Crippen LogP contribution in [-0.4, -0.2) is 16.9 Å². The number of carbonyl (C=O) groups excluding carboxylic acids is 1. The van der Waals surface area contributed by atoms with Crippen LogP contribution in [0.2, 0.25) is 5.02 Å². The maximum Gasteiger partial charge on any atom is 0.219 e. The number of hydrogen-bond acceptors (Lipinski definition) is 4. The molecule has 2 rings (SSSR count). The van der Waals surface area contributed by atoms with Gasteiger partial charge in [0.25, 0.3) is 0 Å². The Kier molecular flexibility index (Phi) is 3.49. The highest BCUT2D eigenvalue weighted by Gasteiger charge is 2.09. The third-order valence-corrected chi connectivity index (χ3v) is 3.43. The van der Waals surface area contributed by atoms with E-state index >= 15 is 0 Å². The van der Waals surface area contributed by atoms with Gasteiger partial charge in [-0.2, -0.15) is 0 Å². The number of halogens is 1. The molecule has 0 saturated carbocycles. The maximum absolute atomic E-state index is 10.8. The predicted molar refractivity (Wildman–Crippen MR) is 71.5 cm³/mol. The fourth-order valence-electron chi connectivity index (χ4n) is 1.53. The Bertz CT molecular complexity index is 555. The van der Waals surface area contributed by atoms with Crippen LogP contribution in [0.25, 0.3) is 10.2 Å². The molecule has 0 fully saturated rings. The minimum Gasteiger partial charge on any atom is -0.370 e. The lowest BCUT2D eigenvalue weighted by Gasteiger charge is -2.09. The fraction of sp³-hybridized carbons (Fsp3) is 0.273. The Labute approximate surface area is 108 Å². The molecule has 0 spiro atoms. The molecule has 1 aromatic carbocycles. The number of nitrogens with two attached hydrogens (primary N) is 1. The molecule has 1 atom stereocenters. The Morgan fingerprint density at radius 2 is 2.41 bits per heavy atom. The topological polar surface area (TPSA) is 68.0 Å². The van der Waals surface area contributed by atoms with Gasteiger partial charge in [0.05, 0.1) is 10.2 Å². The second-order valence-corrected chi connectivity index (χ2v) is 5.31. The molecule has 6 heteroatoms. The van der Waals surface area contributed by atoms with Crippen LogP contribution in [0, 0.1) is 0 Å².